The Bertz CT molecular complexity index is 327. The van der Waals surface area contributed by atoms with E-state index in [0.717, 1.165) is 12.8 Å². The molecule has 0 saturated heterocycles. The predicted molar refractivity (Wildman–Crippen MR) is 87.4 cm³/mol. The van der Waals surface area contributed by atoms with Gasteiger partial charge in [0.2, 0.25) is 0 Å². The lowest BCUT2D eigenvalue weighted by Gasteiger charge is -2.35. The van der Waals surface area contributed by atoms with E-state index in [-0.39, 0.29) is 17.7 Å². The first-order valence-corrected chi connectivity index (χ1v) is 8.33. The van der Waals surface area contributed by atoms with Gasteiger partial charge in [-0.05, 0) is 39.5 Å². The zero-order valence-corrected chi connectivity index (χ0v) is 14.6. The summed E-state index contributed by atoms with van der Waals surface area (Å²) in [5.74, 6) is 0.468. The van der Waals surface area contributed by atoms with Crippen LogP contribution < -0.4 is 11.1 Å². The lowest BCUT2D eigenvalue weighted by atomic mass is 9.83. The van der Waals surface area contributed by atoms with Crippen LogP contribution in [0.3, 0.4) is 0 Å². The molecule has 7 nitrogen and oxygen atoms in total. The average molecular weight is 332 g/mol. The van der Waals surface area contributed by atoms with E-state index in [9.17, 15) is 4.79 Å². The van der Waals surface area contributed by atoms with Gasteiger partial charge in [-0.1, -0.05) is 0 Å². The number of alkyl carbamates (subject to hydrolysis) is 1. The lowest BCUT2D eigenvalue weighted by Crippen LogP contribution is -2.45. The highest BCUT2D eigenvalue weighted by molar-refractivity contribution is 5.68. The molecular weight excluding hydrogens is 300 g/mol. The molecular formula is C16H32N2O5. The summed E-state index contributed by atoms with van der Waals surface area (Å²) in [4.78, 5) is 11.6. The SMILES string of the molecule is CC(C)(C)NC(=O)OC1CC(COCCOCCOCCN)C1. The highest BCUT2D eigenvalue weighted by Crippen LogP contribution is 2.30. The summed E-state index contributed by atoms with van der Waals surface area (Å²) in [5, 5.41) is 2.79. The smallest absolute Gasteiger partial charge is 0.407 e. The standard InChI is InChI=1S/C16H32N2O5/c1-16(2,3)18-15(19)23-14-10-13(11-14)12-22-9-8-21-7-6-20-5-4-17/h13-14H,4-12,17H2,1-3H3,(H,18,19). The van der Waals surface area contributed by atoms with E-state index in [1.807, 2.05) is 20.8 Å². The number of rotatable bonds is 11. The van der Waals surface area contributed by atoms with E-state index in [4.69, 9.17) is 24.7 Å². The molecule has 0 atom stereocenters. The zero-order chi connectivity index (χ0) is 17.1. The molecule has 0 unspecified atom stereocenters. The second-order valence-electron chi connectivity index (χ2n) is 6.83. The van der Waals surface area contributed by atoms with E-state index in [1.165, 1.54) is 0 Å². The zero-order valence-electron chi connectivity index (χ0n) is 14.6. The van der Waals surface area contributed by atoms with Gasteiger partial charge in [0.1, 0.15) is 6.10 Å². The van der Waals surface area contributed by atoms with Crippen molar-refractivity contribution in [2.24, 2.45) is 11.7 Å². The molecule has 0 spiro atoms. The molecule has 0 bridgehead atoms. The van der Waals surface area contributed by atoms with Crippen LogP contribution in [0.1, 0.15) is 33.6 Å². The van der Waals surface area contributed by atoms with Crippen molar-refractivity contribution in [1.82, 2.24) is 5.32 Å². The summed E-state index contributed by atoms with van der Waals surface area (Å²) in [6.07, 6.45) is 1.41. The molecule has 7 heteroatoms. The largest absolute Gasteiger partial charge is 0.446 e. The van der Waals surface area contributed by atoms with E-state index in [0.29, 0.717) is 52.1 Å². The number of hydrogen-bond donors (Lipinski definition) is 2. The number of nitrogens with one attached hydrogen (secondary N) is 1. The summed E-state index contributed by atoms with van der Waals surface area (Å²) in [6, 6.07) is 0. The fourth-order valence-electron chi connectivity index (χ4n) is 2.17. The van der Waals surface area contributed by atoms with Crippen molar-refractivity contribution in [3.63, 3.8) is 0 Å². The second kappa shape index (κ2) is 10.8. The van der Waals surface area contributed by atoms with Crippen LogP contribution >= 0.6 is 0 Å². The van der Waals surface area contributed by atoms with Crippen molar-refractivity contribution in [1.29, 1.82) is 0 Å². The van der Waals surface area contributed by atoms with Crippen LogP contribution in [0.15, 0.2) is 0 Å². The van der Waals surface area contributed by atoms with Crippen LogP contribution in [0.25, 0.3) is 0 Å². The number of nitrogens with two attached hydrogens (primary N) is 1. The molecule has 0 heterocycles. The Morgan fingerprint density at radius 1 is 1.04 bits per heavy atom. The molecule has 0 radical (unpaired) electrons. The van der Waals surface area contributed by atoms with Gasteiger partial charge in [0.15, 0.2) is 0 Å². The summed E-state index contributed by atoms with van der Waals surface area (Å²) >= 11 is 0. The molecule has 3 N–H and O–H groups in total. The summed E-state index contributed by atoms with van der Waals surface area (Å²) in [7, 11) is 0. The number of carbonyl (C=O) groups is 1. The van der Waals surface area contributed by atoms with Gasteiger partial charge in [-0.25, -0.2) is 4.79 Å². The first kappa shape index (κ1) is 20.2. The Morgan fingerprint density at radius 3 is 2.17 bits per heavy atom. The summed E-state index contributed by atoms with van der Waals surface area (Å²) in [6.45, 7) is 9.84. The number of amides is 1. The monoisotopic (exact) mass is 332 g/mol. The van der Waals surface area contributed by atoms with Gasteiger partial charge < -0.3 is 30.0 Å². The molecule has 136 valence electrons. The lowest BCUT2D eigenvalue weighted by molar-refractivity contribution is -0.0363. The Balaban J connectivity index is 1.88. The predicted octanol–water partition coefficient (Wildman–Crippen LogP) is 1.30. The van der Waals surface area contributed by atoms with Crippen molar-refractivity contribution in [2.45, 2.75) is 45.3 Å². The van der Waals surface area contributed by atoms with Gasteiger partial charge in [0, 0.05) is 18.7 Å². The summed E-state index contributed by atoms with van der Waals surface area (Å²) < 4.78 is 21.4. The first-order valence-electron chi connectivity index (χ1n) is 8.33. The van der Waals surface area contributed by atoms with Crippen molar-refractivity contribution in [2.75, 3.05) is 46.2 Å². The number of hydrogen-bond acceptors (Lipinski definition) is 6. The van der Waals surface area contributed by atoms with Crippen LogP contribution in [0.2, 0.25) is 0 Å². The Morgan fingerprint density at radius 2 is 1.61 bits per heavy atom. The minimum absolute atomic E-state index is 0.0156. The normalized spacial score (nSPS) is 20.9. The van der Waals surface area contributed by atoms with Crippen molar-refractivity contribution in [3.05, 3.63) is 0 Å². The van der Waals surface area contributed by atoms with Crippen molar-refractivity contribution >= 4 is 6.09 Å². The Kier molecular flexibility index (Phi) is 9.47. The summed E-state index contributed by atoms with van der Waals surface area (Å²) in [5.41, 5.74) is 5.04. The van der Waals surface area contributed by atoms with Gasteiger partial charge in [-0.15, -0.1) is 0 Å². The maximum atomic E-state index is 11.6. The minimum atomic E-state index is -0.341. The Hall–Kier alpha value is -0.890. The molecule has 1 fully saturated rings. The van der Waals surface area contributed by atoms with Gasteiger partial charge in [-0.2, -0.15) is 0 Å². The fourth-order valence-corrected chi connectivity index (χ4v) is 2.17. The van der Waals surface area contributed by atoms with E-state index >= 15 is 0 Å². The van der Waals surface area contributed by atoms with Crippen LogP contribution in [-0.4, -0.2) is 63.9 Å². The number of ether oxygens (including phenoxy) is 4. The quantitative estimate of drug-likeness (QED) is 0.554. The van der Waals surface area contributed by atoms with Crippen LogP contribution in [0, 0.1) is 5.92 Å². The molecule has 0 aromatic rings. The van der Waals surface area contributed by atoms with Crippen LogP contribution in [0.5, 0.6) is 0 Å². The molecule has 1 amide bonds. The van der Waals surface area contributed by atoms with Gasteiger partial charge >= 0.3 is 6.09 Å². The van der Waals surface area contributed by atoms with Crippen molar-refractivity contribution in [3.8, 4) is 0 Å². The highest BCUT2D eigenvalue weighted by Gasteiger charge is 2.32. The van der Waals surface area contributed by atoms with E-state index in [2.05, 4.69) is 5.32 Å². The third kappa shape index (κ3) is 10.5. The highest BCUT2D eigenvalue weighted by atomic mass is 16.6. The third-order valence-electron chi connectivity index (χ3n) is 3.30. The third-order valence-corrected chi connectivity index (χ3v) is 3.30. The average Bonchev–Trinajstić information content (AvgIpc) is 2.40. The molecule has 0 aliphatic heterocycles. The minimum Gasteiger partial charge on any atom is -0.446 e. The van der Waals surface area contributed by atoms with E-state index < -0.39 is 0 Å². The van der Waals surface area contributed by atoms with Crippen LogP contribution in [-0.2, 0) is 18.9 Å². The molecule has 23 heavy (non-hydrogen) atoms. The number of carbonyl (C=O) groups excluding carboxylic acids is 1. The molecule has 0 aromatic heterocycles. The topological polar surface area (TPSA) is 92.0 Å². The van der Waals surface area contributed by atoms with Crippen molar-refractivity contribution < 1.29 is 23.7 Å². The second-order valence-corrected chi connectivity index (χ2v) is 6.83. The van der Waals surface area contributed by atoms with E-state index in [1.54, 1.807) is 0 Å². The van der Waals surface area contributed by atoms with Gasteiger partial charge in [-0.3, -0.25) is 0 Å². The van der Waals surface area contributed by atoms with Gasteiger partial charge in [0.05, 0.1) is 33.0 Å². The molecule has 1 aliphatic carbocycles. The molecule has 1 aliphatic rings. The molecule has 1 saturated carbocycles. The molecule has 1 rings (SSSR count). The van der Waals surface area contributed by atoms with Crippen LogP contribution in [0.4, 0.5) is 4.79 Å². The Labute approximate surface area is 139 Å². The maximum Gasteiger partial charge on any atom is 0.407 e. The fraction of sp³-hybridized carbons (Fsp3) is 0.938. The first-order chi connectivity index (χ1) is 10.9. The maximum absolute atomic E-state index is 11.6. The van der Waals surface area contributed by atoms with Gasteiger partial charge in [0.25, 0.3) is 0 Å². The molecule has 0 aromatic carbocycles.